The first kappa shape index (κ1) is 10.9. The van der Waals surface area contributed by atoms with Crippen molar-refractivity contribution in [3.8, 4) is 0 Å². The number of carbonyl (C=O) groups is 1. The van der Waals surface area contributed by atoms with E-state index in [1.54, 1.807) is 0 Å². The zero-order chi connectivity index (χ0) is 11.4. The van der Waals surface area contributed by atoms with Gasteiger partial charge in [0.2, 0.25) is 0 Å². The summed E-state index contributed by atoms with van der Waals surface area (Å²) >= 11 is 0. The number of hydrogen-bond acceptors (Lipinski definition) is 3. The van der Waals surface area contributed by atoms with Gasteiger partial charge in [0, 0.05) is 18.7 Å². The van der Waals surface area contributed by atoms with Crippen molar-refractivity contribution in [3.63, 3.8) is 0 Å². The van der Waals surface area contributed by atoms with Crippen LogP contribution in [0.4, 0.5) is 0 Å². The van der Waals surface area contributed by atoms with Gasteiger partial charge >= 0.3 is 0 Å². The second kappa shape index (κ2) is 4.94. The SMILES string of the molecule is O=C1CN(Cc2ccccc2)CCC1=CO. The highest BCUT2D eigenvalue weighted by Gasteiger charge is 2.21. The van der Waals surface area contributed by atoms with Crippen LogP contribution in [-0.4, -0.2) is 28.9 Å². The highest BCUT2D eigenvalue weighted by Crippen LogP contribution is 2.14. The van der Waals surface area contributed by atoms with Crippen molar-refractivity contribution in [2.75, 3.05) is 13.1 Å². The molecule has 1 saturated heterocycles. The summed E-state index contributed by atoms with van der Waals surface area (Å²) in [5.74, 6) is 0.0321. The molecule has 0 radical (unpaired) electrons. The molecule has 0 aromatic heterocycles. The summed E-state index contributed by atoms with van der Waals surface area (Å²) in [6, 6.07) is 10.1. The average molecular weight is 217 g/mol. The lowest BCUT2D eigenvalue weighted by atomic mass is 10.0. The van der Waals surface area contributed by atoms with E-state index in [4.69, 9.17) is 5.11 Å². The molecule has 84 valence electrons. The summed E-state index contributed by atoms with van der Waals surface area (Å²) in [7, 11) is 0. The molecule has 3 heteroatoms. The maximum atomic E-state index is 11.6. The number of hydrogen-bond donors (Lipinski definition) is 1. The van der Waals surface area contributed by atoms with Crippen LogP contribution in [0, 0.1) is 0 Å². The van der Waals surface area contributed by atoms with Crippen molar-refractivity contribution in [1.82, 2.24) is 4.90 Å². The summed E-state index contributed by atoms with van der Waals surface area (Å²) < 4.78 is 0. The molecule has 3 nitrogen and oxygen atoms in total. The van der Waals surface area contributed by atoms with E-state index in [0.717, 1.165) is 19.4 Å². The molecule has 1 heterocycles. The molecule has 0 aliphatic carbocycles. The fourth-order valence-corrected chi connectivity index (χ4v) is 1.91. The zero-order valence-corrected chi connectivity index (χ0v) is 9.10. The van der Waals surface area contributed by atoms with Crippen molar-refractivity contribution in [3.05, 3.63) is 47.7 Å². The Balaban J connectivity index is 1.96. The molecule has 0 spiro atoms. The quantitative estimate of drug-likeness (QED) is 0.607. The second-order valence-electron chi connectivity index (χ2n) is 4.02. The molecule has 1 aliphatic rings. The summed E-state index contributed by atoms with van der Waals surface area (Å²) in [5.41, 5.74) is 1.76. The molecule has 0 unspecified atom stereocenters. The number of aliphatic hydroxyl groups excluding tert-OH is 1. The van der Waals surface area contributed by atoms with Crippen LogP contribution in [0.25, 0.3) is 0 Å². The van der Waals surface area contributed by atoms with Crippen LogP contribution in [0.15, 0.2) is 42.2 Å². The summed E-state index contributed by atoms with van der Waals surface area (Å²) in [5, 5.41) is 8.84. The minimum Gasteiger partial charge on any atom is -0.515 e. The molecule has 0 atom stereocenters. The number of piperidine rings is 1. The van der Waals surface area contributed by atoms with E-state index in [2.05, 4.69) is 17.0 Å². The number of nitrogens with zero attached hydrogens (tertiary/aromatic N) is 1. The third-order valence-electron chi connectivity index (χ3n) is 2.83. The lowest BCUT2D eigenvalue weighted by Gasteiger charge is -2.26. The first-order valence-corrected chi connectivity index (χ1v) is 5.42. The summed E-state index contributed by atoms with van der Waals surface area (Å²) in [6.07, 6.45) is 1.59. The molecule has 1 aromatic rings. The first-order valence-electron chi connectivity index (χ1n) is 5.42. The van der Waals surface area contributed by atoms with E-state index >= 15 is 0 Å². The first-order chi connectivity index (χ1) is 7.79. The van der Waals surface area contributed by atoms with E-state index in [-0.39, 0.29) is 5.78 Å². The number of ketones is 1. The van der Waals surface area contributed by atoms with E-state index in [9.17, 15) is 4.79 Å². The van der Waals surface area contributed by atoms with Gasteiger partial charge in [0.25, 0.3) is 0 Å². The Kier molecular flexibility index (Phi) is 3.37. The number of Topliss-reactive ketones (excluding diaryl/α,β-unsaturated/α-hetero) is 1. The van der Waals surface area contributed by atoms with Gasteiger partial charge in [-0.15, -0.1) is 0 Å². The number of likely N-dealkylation sites (tertiary alicyclic amines) is 1. The van der Waals surface area contributed by atoms with Gasteiger partial charge < -0.3 is 5.11 Å². The van der Waals surface area contributed by atoms with Gasteiger partial charge in [-0.3, -0.25) is 9.69 Å². The molecule has 0 amide bonds. The molecule has 0 bridgehead atoms. The Morgan fingerprint density at radius 3 is 2.69 bits per heavy atom. The summed E-state index contributed by atoms with van der Waals surface area (Å²) in [4.78, 5) is 13.7. The van der Waals surface area contributed by atoms with Crippen LogP contribution in [0.1, 0.15) is 12.0 Å². The Labute approximate surface area is 95.0 Å². The highest BCUT2D eigenvalue weighted by molar-refractivity contribution is 5.97. The van der Waals surface area contributed by atoms with Gasteiger partial charge in [0.15, 0.2) is 5.78 Å². The topological polar surface area (TPSA) is 40.5 Å². The van der Waals surface area contributed by atoms with Gasteiger partial charge in [-0.25, -0.2) is 0 Å². The lowest BCUT2D eigenvalue weighted by molar-refractivity contribution is -0.118. The number of benzene rings is 1. The molecule has 1 fully saturated rings. The largest absolute Gasteiger partial charge is 0.515 e. The minimum atomic E-state index is 0.0321. The predicted molar refractivity (Wildman–Crippen MR) is 62.1 cm³/mol. The van der Waals surface area contributed by atoms with E-state index < -0.39 is 0 Å². The van der Waals surface area contributed by atoms with E-state index in [1.807, 2.05) is 18.2 Å². The van der Waals surface area contributed by atoms with Crippen LogP contribution < -0.4 is 0 Å². The van der Waals surface area contributed by atoms with E-state index in [1.165, 1.54) is 5.56 Å². The maximum Gasteiger partial charge on any atom is 0.175 e. The van der Waals surface area contributed by atoms with Gasteiger partial charge in [-0.1, -0.05) is 30.3 Å². The number of carbonyl (C=O) groups excluding carboxylic acids is 1. The Bertz CT molecular complexity index is 398. The van der Waals surface area contributed by atoms with Crippen LogP contribution in [0.3, 0.4) is 0 Å². The van der Waals surface area contributed by atoms with Gasteiger partial charge in [0.1, 0.15) is 0 Å². The zero-order valence-electron chi connectivity index (χ0n) is 9.10. The fourth-order valence-electron chi connectivity index (χ4n) is 1.91. The van der Waals surface area contributed by atoms with Gasteiger partial charge in [0.05, 0.1) is 12.8 Å². The predicted octanol–water partition coefficient (Wildman–Crippen LogP) is 1.90. The Morgan fingerprint density at radius 1 is 1.31 bits per heavy atom. The average Bonchev–Trinajstić information content (AvgIpc) is 2.31. The highest BCUT2D eigenvalue weighted by atomic mass is 16.2. The van der Waals surface area contributed by atoms with Crippen molar-refractivity contribution in [2.45, 2.75) is 13.0 Å². The monoisotopic (exact) mass is 217 g/mol. The molecular formula is C13H15NO2. The minimum absolute atomic E-state index is 0.0321. The molecule has 1 N–H and O–H groups in total. The summed E-state index contributed by atoms with van der Waals surface area (Å²) in [6.45, 7) is 2.03. The van der Waals surface area contributed by atoms with Crippen molar-refractivity contribution < 1.29 is 9.90 Å². The molecule has 16 heavy (non-hydrogen) atoms. The van der Waals surface area contributed by atoms with Crippen LogP contribution in [0.2, 0.25) is 0 Å². The second-order valence-corrected chi connectivity index (χ2v) is 4.02. The third-order valence-corrected chi connectivity index (χ3v) is 2.83. The van der Waals surface area contributed by atoms with Crippen LogP contribution in [0.5, 0.6) is 0 Å². The van der Waals surface area contributed by atoms with Crippen molar-refractivity contribution >= 4 is 5.78 Å². The molecule has 0 saturated carbocycles. The van der Waals surface area contributed by atoms with Crippen molar-refractivity contribution in [1.29, 1.82) is 0 Å². The fraction of sp³-hybridized carbons (Fsp3) is 0.308. The molecule has 2 rings (SSSR count). The Morgan fingerprint density at radius 2 is 2.06 bits per heavy atom. The molecule has 1 aromatic carbocycles. The normalized spacial score (nSPS) is 20.2. The molecule has 1 aliphatic heterocycles. The Hall–Kier alpha value is -1.61. The number of aliphatic hydroxyl groups is 1. The standard InChI is InChI=1S/C13H15NO2/c15-10-12-6-7-14(9-13(12)16)8-11-4-2-1-3-5-11/h1-5,10,15H,6-9H2. The van der Waals surface area contributed by atoms with Gasteiger partial charge in [-0.05, 0) is 12.0 Å². The number of rotatable bonds is 2. The van der Waals surface area contributed by atoms with Crippen LogP contribution >= 0.6 is 0 Å². The maximum absolute atomic E-state index is 11.6. The third kappa shape index (κ3) is 2.49. The smallest absolute Gasteiger partial charge is 0.175 e. The van der Waals surface area contributed by atoms with Crippen LogP contribution in [-0.2, 0) is 11.3 Å². The van der Waals surface area contributed by atoms with Gasteiger partial charge in [-0.2, -0.15) is 0 Å². The van der Waals surface area contributed by atoms with E-state index in [0.29, 0.717) is 18.5 Å². The molecular weight excluding hydrogens is 202 g/mol. The lowest BCUT2D eigenvalue weighted by Crippen LogP contribution is -2.36. The van der Waals surface area contributed by atoms with Crippen molar-refractivity contribution in [2.24, 2.45) is 0 Å².